The number of hydrogen-bond acceptors (Lipinski definition) is 6. The summed E-state index contributed by atoms with van der Waals surface area (Å²) in [7, 11) is 1.50. The van der Waals surface area contributed by atoms with Gasteiger partial charge in [0, 0.05) is 11.6 Å². The summed E-state index contributed by atoms with van der Waals surface area (Å²) >= 11 is 0. The van der Waals surface area contributed by atoms with Crippen LogP contribution < -0.4 is 20.3 Å². The third-order valence-electron chi connectivity index (χ3n) is 3.52. The molecule has 140 valence electrons. The Hall–Kier alpha value is -3.03. The molecule has 0 fully saturated rings. The van der Waals surface area contributed by atoms with E-state index in [9.17, 15) is 9.59 Å². The predicted molar refractivity (Wildman–Crippen MR) is 94.1 cm³/mol. The van der Waals surface area contributed by atoms with Crippen LogP contribution in [-0.2, 0) is 0 Å². The average Bonchev–Trinajstić information content (AvgIpc) is 3.05. The lowest BCUT2D eigenvalue weighted by Crippen LogP contribution is -2.41. The van der Waals surface area contributed by atoms with E-state index in [2.05, 4.69) is 29.9 Å². The summed E-state index contributed by atoms with van der Waals surface area (Å²) in [5.41, 5.74) is 5.46. The number of aromatic nitrogens is 1. The molecule has 0 aliphatic heterocycles. The van der Waals surface area contributed by atoms with Crippen LogP contribution in [0, 0.1) is 12.8 Å². The molecule has 0 saturated carbocycles. The lowest BCUT2D eigenvalue weighted by atomic mass is 10.1. The third-order valence-corrected chi connectivity index (χ3v) is 3.52. The van der Waals surface area contributed by atoms with Crippen LogP contribution in [0.5, 0.6) is 11.5 Å². The molecule has 0 bridgehead atoms. The Bertz CT molecular complexity index is 770. The summed E-state index contributed by atoms with van der Waals surface area (Å²) in [5, 5.41) is 3.61. The molecule has 0 aliphatic carbocycles. The minimum Gasteiger partial charge on any atom is -0.493 e. The molecular formula is C18H23N3O5. The van der Waals surface area contributed by atoms with Gasteiger partial charge in [-0.15, -0.1) is 0 Å². The first kappa shape index (κ1) is 19.3. The lowest BCUT2D eigenvalue weighted by Gasteiger charge is -2.13. The van der Waals surface area contributed by atoms with Gasteiger partial charge in [-0.2, -0.15) is 0 Å². The molecule has 0 unspecified atom stereocenters. The fraction of sp³-hybridized carbons (Fsp3) is 0.389. The van der Waals surface area contributed by atoms with Crippen LogP contribution in [0.2, 0.25) is 0 Å². The Morgan fingerprint density at radius 1 is 1.15 bits per heavy atom. The van der Waals surface area contributed by atoms with Crippen molar-refractivity contribution in [3.63, 3.8) is 0 Å². The van der Waals surface area contributed by atoms with Gasteiger partial charge in [-0.3, -0.25) is 20.4 Å². The van der Waals surface area contributed by atoms with Gasteiger partial charge in [0.15, 0.2) is 11.5 Å². The van der Waals surface area contributed by atoms with Gasteiger partial charge in [0.05, 0.1) is 19.4 Å². The molecule has 0 aliphatic rings. The van der Waals surface area contributed by atoms with Crippen molar-refractivity contribution >= 4 is 11.8 Å². The van der Waals surface area contributed by atoms with Crippen molar-refractivity contribution < 1.29 is 23.6 Å². The number of ether oxygens (including phenoxy) is 2. The molecule has 2 rings (SSSR count). The van der Waals surface area contributed by atoms with Crippen LogP contribution in [-0.4, -0.2) is 30.7 Å². The highest BCUT2D eigenvalue weighted by Crippen LogP contribution is 2.28. The van der Waals surface area contributed by atoms with E-state index < -0.39 is 11.8 Å². The fourth-order valence-electron chi connectivity index (χ4n) is 2.05. The summed E-state index contributed by atoms with van der Waals surface area (Å²) in [4.78, 5) is 24.0. The van der Waals surface area contributed by atoms with Gasteiger partial charge in [-0.05, 0) is 37.5 Å². The van der Waals surface area contributed by atoms with Crippen molar-refractivity contribution in [1.82, 2.24) is 16.0 Å². The third kappa shape index (κ3) is 5.23. The highest BCUT2D eigenvalue weighted by Gasteiger charge is 2.15. The van der Waals surface area contributed by atoms with Crippen molar-refractivity contribution in [2.24, 2.45) is 5.92 Å². The maximum atomic E-state index is 12.2. The SMILES string of the molecule is COc1cc(C(=O)NNC(=O)c2cc(C)no2)ccc1OCCC(C)C. The van der Waals surface area contributed by atoms with E-state index >= 15 is 0 Å². The zero-order valence-electron chi connectivity index (χ0n) is 15.3. The van der Waals surface area contributed by atoms with Crippen LogP contribution in [0.25, 0.3) is 0 Å². The van der Waals surface area contributed by atoms with Gasteiger partial charge in [0.25, 0.3) is 5.91 Å². The first-order valence-electron chi connectivity index (χ1n) is 8.25. The molecule has 8 heteroatoms. The minimum atomic E-state index is -0.598. The molecule has 0 spiro atoms. The molecule has 0 atom stereocenters. The summed E-state index contributed by atoms with van der Waals surface area (Å²) in [6.45, 7) is 6.48. The Balaban J connectivity index is 1.96. The molecule has 2 aromatic rings. The highest BCUT2D eigenvalue weighted by atomic mass is 16.5. The number of hydrogen-bond donors (Lipinski definition) is 2. The molecule has 0 saturated heterocycles. The van der Waals surface area contributed by atoms with Crippen LogP contribution in [0.3, 0.4) is 0 Å². The van der Waals surface area contributed by atoms with E-state index in [0.29, 0.717) is 35.3 Å². The smallest absolute Gasteiger partial charge is 0.308 e. The van der Waals surface area contributed by atoms with Crippen LogP contribution >= 0.6 is 0 Å². The molecule has 8 nitrogen and oxygen atoms in total. The van der Waals surface area contributed by atoms with Crippen molar-refractivity contribution in [3.05, 3.63) is 41.3 Å². The zero-order valence-corrected chi connectivity index (χ0v) is 15.3. The number of hydrazine groups is 1. The van der Waals surface area contributed by atoms with Crippen molar-refractivity contribution in [2.45, 2.75) is 27.2 Å². The first-order chi connectivity index (χ1) is 12.4. The zero-order chi connectivity index (χ0) is 19.1. The van der Waals surface area contributed by atoms with Gasteiger partial charge < -0.3 is 14.0 Å². The van der Waals surface area contributed by atoms with Gasteiger partial charge in [0.1, 0.15) is 0 Å². The van der Waals surface area contributed by atoms with Gasteiger partial charge in [0.2, 0.25) is 5.76 Å². The number of aryl methyl sites for hydroxylation is 1. The Morgan fingerprint density at radius 2 is 1.88 bits per heavy atom. The number of carbonyl (C=O) groups excluding carboxylic acids is 2. The first-order valence-corrected chi connectivity index (χ1v) is 8.25. The average molecular weight is 361 g/mol. The summed E-state index contributed by atoms with van der Waals surface area (Å²) in [6.07, 6.45) is 0.915. The van der Waals surface area contributed by atoms with E-state index in [0.717, 1.165) is 6.42 Å². The number of carbonyl (C=O) groups is 2. The molecule has 0 radical (unpaired) electrons. The van der Waals surface area contributed by atoms with Gasteiger partial charge >= 0.3 is 5.91 Å². The maximum absolute atomic E-state index is 12.2. The second-order valence-electron chi connectivity index (χ2n) is 6.14. The predicted octanol–water partition coefficient (Wildman–Crippen LogP) is 2.49. The highest BCUT2D eigenvalue weighted by molar-refractivity contribution is 5.98. The number of nitrogens with one attached hydrogen (secondary N) is 2. The summed E-state index contributed by atoms with van der Waals surface area (Å²) in [6, 6.07) is 6.27. The van der Waals surface area contributed by atoms with E-state index in [1.54, 1.807) is 25.1 Å². The number of benzene rings is 1. The second-order valence-corrected chi connectivity index (χ2v) is 6.14. The van der Waals surface area contributed by atoms with Crippen molar-refractivity contribution in [2.75, 3.05) is 13.7 Å². The Labute approximate surface area is 151 Å². The van der Waals surface area contributed by atoms with Crippen molar-refractivity contribution in [1.29, 1.82) is 0 Å². The van der Waals surface area contributed by atoms with Crippen molar-refractivity contribution in [3.8, 4) is 11.5 Å². The standard InChI is InChI=1S/C18H23N3O5/c1-11(2)7-8-25-14-6-5-13(10-15(14)24-4)17(22)19-20-18(23)16-9-12(3)21-26-16/h5-6,9-11H,7-8H2,1-4H3,(H,19,22)(H,20,23). The fourth-order valence-corrected chi connectivity index (χ4v) is 2.05. The van der Waals surface area contributed by atoms with Crippen LogP contribution in [0.4, 0.5) is 0 Å². The largest absolute Gasteiger partial charge is 0.493 e. The Kier molecular flexibility index (Phi) is 6.60. The maximum Gasteiger partial charge on any atom is 0.308 e. The van der Waals surface area contributed by atoms with Gasteiger partial charge in [-0.25, -0.2) is 0 Å². The molecule has 2 N–H and O–H groups in total. The number of nitrogens with zero attached hydrogens (tertiary/aromatic N) is 1. The van der Waals surface area contributed by atoms with E-state index in [1.165, 1.54) is 13.2 Å². The number of amides is 2. The molecule has 2 amide bonds. The quantitative estimate of drug-likeness (QED) is 0.735. The van der Waals surface area contributed by atoms with Crippen LogP contribution in [0.1, 0.15) is 46.9 Å². The monoisotopic (exact) mass is 361 g/mol. The summed E-state index contributed by atoms with van der Waals surface area (Å²) < 4.78 is 15.8. The van der Waals surface area contributed by atoms with Gasteiger partial charge in [-0.1, -0.05) is 19.0 Å². The van der Waals surface area contributed by atoms with E-state index in [4.69, 9.17) is 14.0 Å². The van der Waals surface area contributed by atoms with E-state index in [-0.39, 0.29) is 5.76 Å². The second kappa shape index (κ2) is 8.89. The number of rotatable bonds is 7. The normalized spacial score (nSPS) is 10.5. The molecule has 1 aromatic carbocycles. The molecule has 26 heavy (non-hydrogen) atoms. The van der Waals surface area contributed by atoms with E-state index in [1.807, 2.05) is 0 Å². The molecule has 1 heterocycles. The topological polar surface area (TPSA) is 103 Å². The molecular weight excluding hydrogens is 338 g/mol. The van der Waals surface area contributed by atoms with Crippen LogP contribution in [0.15, 0.2) is 28.8 Å². The minimum absolute atomic E-state index is 0.00859. The number of methoxy groups -OCH3 is 1. The lowest BCUT2D eigenvalue weighted by molar-refractivity contribution is 0.0825. The Morgan fingerprint density at radius 3 is 2.50 bits per heavy atom. The molecule has 1 aromatic heterocycles. The summed E-state index contributed by atoms with van der Waals surface area (Å²) in [5.74, 6) is 0.447.